The molecule has 2 saturated heterocycles. The minimum atomic E-state index is -4.73. The average Bonchev–Trinajstić information content (AvgIpc) is 3.03. The van der Waals surface area contributed by atoms with Gasteiger partial charge in [0.1, 0.15) is 5.54 Å². The van der Waals surface area contributed by atoms with E-state index in [4.69, 9.17) is 17.5 Å². The third kappa shape index (κ3) is 7.03. The molecule has 2 amide bonds. The van der Waals surface area contributed by atoms with Gasteiger partial charge in [-0.1, -0.05) is 33.6 Å². The summed E-state index contributed by atoms with van der Waals surface area (Å²) in [6, 6.07) is 5.36. The molecule has 0 spiro atoms. The van der Waals surface area contributed by atoms with Gasteiger partial charge in [-0.15, -0.1) is 0 Å². The van der Waals surface area contributed by atoms with Crippen LogP contribution in [0.25, 0.3) is 0 Å². The zero-order chi connectivity index (χ0) is 30.9. The number of unbranched alkanes of at least 4 members (excludes halogenated alkanes) is 3. The van der Waals surface area contributed by atoms with Crippen molar-refractivity contribution in [2.45, 2.75) is 97.9 Å². The zero-order valence-electron chi connectivity index (χ0n) is 25.1. The first-order chi connectivity index (χ1) is 18.9. The summed E-state index contributed by atoms with van der Waals surface area (Å²) in [6.45, 7) is 16.6. The van der Waals surface area contributed by atoms with Crippen LogP contribution < -0.4 is 4.90 Å². The van der Waals surface area contributed by atoms with Gasteiger partial charge in [0, 0.05) is 37.1 Å². The van der Waals surface area contributed by atoms with E-state index in [0.29, 0.717) is 6.54 Å². The molecule has 7 nitrogen and oxygen atoms in total. The number of amides is 2. The molecule has 41 heavy (non-hydrogen) atoms. The predicted molar refractivity (Wildman–Crippen MR) is 157 cm³/mol. The topological polar surface area (TPSA) is 70.9 Å². The lowest BCUT2D eigenvalue weighted by molar-refractivity contribution is -0.144. The van der Waals surface area contributed by atoms with Crippen molar-refractivity contribution in [1.82, 2.24) is 14.7 Å². The van der Waals surface area contributed by atoms with E-state index in [1.54, 1.807) is 24.8 Å². The summed E-state index contributed by atoms with van der Waals surface area (Å²) >= 11 is 5.58. The van der Waals surface area contributed by atoms with Gasteiger partial charge in [0.25, 0.3) is 5.91 Å². The summed E-state index contributed by atoms with van der Waals surface area (Å²) < 4.78 is 40.6. The van der Waals surface area contributed by atoms with E-state index >= 15 is 0 Å². The molecule has 0 radical (unpaired) electrons. The van der Waals surface area contributed by atoms with E-state index in [0.717, 1.165) is 62.4 Å². The highest BCUT2D eigenvalue weighted by Crippen LogP contribution is 2.38. The van der Waals surface area contributed by atoms with Crippen molar-refractivity contribution in [2.24, 2.45) is 5.41 Å². The number of rotatable bonds is 8. The van der Waals surface area contributed by atoms with E-state index in [9.17, 15) is 22.8 Å². The van der Waals surface area contributed by atoms with Crippen LogP contribution in [0.4, 0.5) is 18.9 Å². The van der Waals surface area contributed by atoms with Crippen LogP contribution in [0, 0.1) is 16.7 Å². The highest BCUT2D eigenvalue weighted by atomic mass is 32.1. The first kappa shape index (κ1) is 32.8. The SMILES string of the molecule is C[C@@H]1CN(C(=O)C(C)(C)C)C[C@H](C)N1CCCCCCN1C(=S)N(c2ccc(C#N)c(C(F)(F)F)c2)C(=O)C1(C)C. The van der Waals surface area contributed by atoms with Crippen LogP contribution in [0.3, 0.4) is 0 Å². The van der Waals surface area contributed by atoms with Gasteiger partial charge < -0.3 is 9.80 Å². The fourth-order valence-electron chi connectivity index (χ4n) is 5.80. The molecule has 0 aliphatic carbocycles. The van der Waals surface area contributed by atoms with Gasteiger partial charge in [-0.25, -0.2) is 0 Å². The van der Waals surface area contributed by atoms with Crippen molar-refractivity contribution in [3.05, 3.63) is 29.3 Å². The molecule has 2 fully saturated rings. The van der Waals surface area contributed by atoms with Crippen LogP contribution in [-0.2, 0) is 15.8 Å². The van der Waals surface area contributed by atoms with E-state index in [2.05, 4.69) is 18.7 Å². The normalized spacial score (nSPS) is 21.9. The van der Waals surface area contributed by atoms with Crippen molar-refractivity contribution >= 4 is 34.8 Å². The Morgan fingerprint density at radius 2 is 1.61 bits per heavy atom. The number of alkyl halides is 3. The Morgan fingerprint density at radius 3 is 2.12 bits per heavy atom. The number of carbonyl (C=O) groups excluding carboxylic acids is 2. The maximum atomic E-state index is 13.5. The third-order valence-electron chi connectivity index (χ3n) is 8.09. The Hall–Kier alpha value is -2.71. The number of nitriles is 1. The lowest BCUT2D eigenvalue weighted by atomic mass is 9.93. The minimum absolute atomic E-state index is 0.00874. The smallest absolute Gasteiger partial charge is 0.339 e. The average molecular weight is 594 g/mol. The molecule has 3 rings (SSSR count). The number of carbonyl (C=O) groups is 2. The molecule has 0 N–H and O–H groups in total. The summed E-state index contributed by atoms with van der Waals surface area (Å²) in [4.78, 5) is 33.4. The van der Waals surface area contributed by atoms with Crippen molar-refractivity contribution in [1.29, 1.82) is 5.26 Å². The number of thiocarbonyl (C=S) groups is 1. The number of hydrogen-bond donors (Lipinski definition) is 0. The van der Waals surface area contributed by atoms with Crippen molar-refractivity contribution in [3.8, 4) is 6.07 Å². The zero-order valence-corrected chi connectivity index (χ0v) is 26.0. The molecule has 11 heteroatoms. The molecule has 1 aromatic rings. The molecule has 1 aromatic carbocycles. The van der Waals surface area contributed by atoms with E-state index in [1.165, 1.54) is 6.07 Å². The molecular formula is C30H42F3N5O2S. The number of piperazine rings is 1. The Balaban J connectivity index is 1.54. The van der Waals surface area contributed by atoms with Crippen LogP contribution in [0.1, 0.15) is 85.3 Å². The van der Waals surface area contributed by atoms with Crippen LogP contribution in [0.2, 0.25) is 0 Å². The van der Waals surface area contributed by atoms with Gasteiger partial charge in [0.15, 0.2) is 5.11 Å². The molecule has 2 aliphatic heterocycles. The van der Waals surface area contributed by atoms with Gasteiger partial charge in [-0.2, -0.15) is 18.4 Å². The molecule has 2 aliphatic rings. The second-order valence-corrected chi connectivity index (χ2v) is 13.1. The van der Waals surface area contributed by atoms with Crippen LogP contribution in [0.15, 0.2) is 18.2 Å². The standard InChI is InChI=1S/C30H42F3N5O2S/c1-20-18-35(25(39)28(3,4)5)19-21(2)36(20)14-10-8-9-11-15-37-27(41)38(26(40)29(37,6)7)23-13-12-22(17-34)24(16-23)30(31,32)33/h12-13,16,20-21H,8-11,14-15,18-19H2,1-7H3/t20-,21+. The number of hydrogen-bond acceptors (Lipinski definition) is 5. The summed E-state index contributed by atoms with van der Waals surface area (Å²) in [5.74, 6) is -0.206. The lowest BCUT2D eigenvalue weighted by Crippen LogP contribution is -2.59. The summed E-state index contributed by atoms with van der Waals surface area (Å²) in [5.41, 5.74) is -2.97. The van der Waals surface area contributed by atoms with Gasteiger partial charge in [-0.05, 0) is 77.5 Å². The quantitative estimate of drug-likeness (QED) is 0.280. The Labute approximate surface area is 247 Å². The molecule has 2 atom stereocenters. The minimum Gasteiger partial charge on any atom is -0.339 e. The van der Waals surface area contributed by atoms with Crippen molar-refractivity contribution in [2.75, 3.05) is 31.1 Å². The van der Waals surface area contributed by atoms with Crippen molar-refractivity contribution < 1.29 is 22.8 Å². The van der Waals surface area contributed by atoms with E-state index < -0.39 is 28.7 Å². The maximum Gasteiger partial charge on any atom is 0.417 e. The molecule has 0 unspecified atom stereocenters. The highest BCUT2D eigenvalue weighted by Gasteiger charge is 2.49. The molecule has 0 saturated carbocycles. The Morgan fingerprint density at radius 1 is 1.05 bits per heavy atom. The Bertz CT molecular complexity index is 1190. The first-order valence-electron chi connectivity index (χ1n) is 14.2. The molecule has 0 aromatic heterocycles. The van der Waals surface area contributed by atoms with Gasteiger partial charge in [0.2, 0.25) is 5.91 Å². The summed E-state index contributed by atoms with van der Waals surface area (Å²) in [6.07, 6.45) is -1.03. The van der Waals surface area contributed by atoms with Crippen LogP contribution in [-0.4, -0.2) is 75.4 Å². The van der Waals surface area contributed by atoms with E-state index in [-0.39, 0.29) is 34.2 Å². The monoisotopic (exact) mass is 593 g/mol. The second kappa shape index (κ2) is 12.3. The largest absolute Gasteiger partial charge is 0.417 e. The van der Waals surface area contributed by atoms with Crippen molar-refractivity contribution in [3.63, 3.8) is 0 Å². The molecule has 226 valence electrons. The fraction of sp³-hybridized carbons (Fsp3) is 0.667. The van der Waals surface area contributed by atoms with Crippen LogP contribution >= 0.6 is 12.2 Å². The fourth-order valence-corrected chi connectivity index (χ4v) is 6.31. The molecule has 2 heterocycles. The van der Waals surface area contributed by atoms with Gasteiger partial charge in [0.05, 0.1) is 22.9 Å². The number of halogens is 3. The second-order valence-electron chi connectivity index (χ2n) is 12.8. The van der Waals surface area contributed by atoms with Gasteiger partial charge >= 0.3 is 6.18 Å². The predicted octanol–water partition coefficient (Wildman–Crippen LogP) is 5.82. The Kier molecular flexibility index (Phi) is 9.81. The number of nitrogens with zero attached hydrogens (tertiary/aromatic N) is 5. The maximum absolute atomic E-state index is 13.5. The molecule has 0 bridgehead atoms. The van der Waals surface area contributed by atoms with E-state index in [1.807, 2.05) is 25.7 Å². The summed E-state index contributed by atoms with van der Waals surface area (Å²) in [5, 5.41) is 9.27. The first-order valence-corrected chi connectivity index (χ1v) is 14.6. The van der Waals surface area contributed by atoms with Crippen LogP contribution in [0.5, 0.6) is 0 Å². The summed E-state index contributed by atoms with van der Waals surface area (Å²) in [7, 11) is 0. The molecular weight excluding hydrogens is 551 g/mol. The van der Waals surface area contributed by atoms with Gasteiger partial charge in [-0.3, -0.25) is 19.4 Å². The number of benzene rings is 1. The number of anilines is 1. The lowest BCUT2D eigenvalue weighted by Gasteiger charge is -2.46. The third-order valence-corrected chi connectivity index (χ3v) is 8.49. The highest BCUT2D eigenvalue weighted by molar-refractivity contribution is 7.80.